The van der Waals surface area contributed by atoms with Crippen molar-refractivity contribution in [1.29, 1.82) is 0 Å². The van der Waals surface area contributed by atoms with E-state index in [9.17, 15) is 14.4 Å². The summed E-state index contributed by atoms with van der Waals surface area (Å²) in [5.41, 5.74) is -0.669. The lowest BCUT2D eigenvalue weighted by atomic mass is 9.91. The molecule has 0 spiro atoms. The van der Waals surface area contributed by atoms with Gasteiger partial charge in [-0.2, -0.15) is 0 Å². The van der Waals surface area contributed by atoms with E-state index in [1.165, 1.54) is 0 Å². The zero-order valence-electron chi connectivity index (χ0n) is 15.9. The molecule has 3 rings (SSSR count). The van der Waals surface area contributed by atoms with Crippen molar-refractivity contribution in [2.45, 2.75) is 39.2 Å². The van der Waals surface area contributed by atoms with E-state index in [0.29, 0.717) is 30.2 Å². The second kappa shape index (κ2) is 7.46. The minimum Gasteiger partial charge on any atom is -0.454 e. The van der Waals surface area contributed by atoms with Gasteiger partial charge in [0.05, 0.1) is 0 Å². The van der Waals surface area contributed by atoms with Gasteiger partial charge in [-0.15, -0.1) is 0 Å². The van der Waals surface area contributed by atoms with Crippen molar-refractivity contribution in [1.82, 2.24) is 15.1 Å². The van der Waals surface area contributed by atoms with Crippen LogP contribution in [0.25, 0.3) is 0 Å². The van der Waals surface area contributed by atoms with E-state index < -0.39 is 17.5 Å². The molecule has 2 aliphatic heterocycles. The predicted octanol–water partition coefficient (Wildman–Crippen LogP) is 1.83. The molecule has 1 atom stereocenters. The normalized spacial score (nSPS) is 20.8. The molecule has 8 nitrogen and oxygen atoms in total. The Hall–Kier alpha value is -2.77. The second-order valence-corrected chi connectivity index (χ2v) is 6.90. The van der Waals surface area contributed by atoms with Gasteiger partial charge in [-0.1, -0.05) is 19.9 Å². The number of imide groups is 1. The molecule has 146 valence electrons. The second-order valence-electron chi connectivity index (χ2n) is 6.90. The predicted molar refractivity (Wildman–Crippen MR) is 97.3 cm³/mol. The maximum Gasteiger partial charge on any atom is 0.325 e. The number of carbonyl (C=O) groups is 3. The van der Waals surface area contributed by atoms with E-state index in [0.717, 1.165) is 17.7 Å². The lowest BCUT2D eigenvalue weighted by molar-refractivity contribution is -0.139. The minimum absolute atomic E-state index is 0.126. The van der Waals surface area contributed by atoms with Gasteiger partial charge in [-0.25, -0.2) is 4.79 Å². The Balaban J connectivity index is 1.79. The smallest absolute Gasteiger partial charge is 0.325 e. The third kappa shape index (κ3) is 3.43. The number of fused-ring (bicyclic) bond motifs is 1. The summed E-state index contributed by atoms with van der Waals surface area (Å²) in [5.74, 6) is 0.452. The Morgan fingerprint density at radius 1 is 1.19 bits per heavy atom. The molecule has 1 aromatic rings. The first-order chi connectivity index (χ1) is 12.9. The summed E-state index contributed by atoms with van der Waals surface area (Å²) in [6, 6.07) is 4.55. The molecule has 0 unspecified atom stereocenters. The van der Waals surface area contributed by atoms with E-state index in [4.69, 9.17) is 9.47 Å². The number of benzene rings is 1. The molecule has 8 heteroatoms. The van der Waals surface area contributed by atoms with Crippen molar-refractivity contribution >= 4 is 17.8 Å². The molecule has 4 amide bonds. The standard InChI is InChI=1S/C19H25N3O5/c1-4-8-21(9-5-2)16(23)11-22-17(24)19(3,20-18(22)25)13-6-7-14-15(10-13)27-12-26-14/h6-7,10H,4-5,8-9,11-12H2,1-3H3,(H,20,25)/t19-/m1/s1. The first-order valence-corrected chi connectivity index (χ1v) is 9.22. The monoisotopic (exact) mass is 375 g/mol. The Bertz CT molecular complexity index is 760. The van der Waals surface area contributed by atoms with Gasteiger partial charge in [-0.05, 0) is 37.5 Å². The molecular formula is C19H25N3O5. The SMILES string of the molecule is CCCN(CCC)C(=O)CN1C(=O)N[C@](C)(c2ccc3c(c2)OCO3)C1=O. The first-order valence-electron chi connectivity index (χ1n) is 9.22. The quantitative estimate of drug-likeness (QED) is 0.735. The number of hydrogen-bond donors (Lipinski definition) is 1. The van der Waals surface area contributed by atoms with Gasteiger partial charge in [0, 0.05) is 13.1 Å². The fraction of sp³-hybridized carbons (Fsp3) is 0.526. The molecule has 0 aliphatic carbocycles. The number of urea groups is 1. The molecule has 0 radical (unpaired) electrons. The van der Waals surface area contributed by atoms with Gasteiger partial charge in [-0.3, -0.25) is 14.5 Å². The molecule has 1 saturated heterocycles. The summed E-state index contributed by atoms with van der Waals surface area (Å²) in [7, 11) is 0. The number of carbonyl (C=O) groups excluding carboxylic acids is 3. The topological polar surface area (TPSA) is 88.2 Å². The van der Waals surface area contributed by atoms with Crippen LogP contribution in [0.2, 0.25) is 0 Å². The van der Waals surface area contributed by atoms with Crippen LogP contribution in [-0.4, -0.2) is 54.1 Å². The molecule has 0 bridgehead atoms. The number of hydrogen-bond acceptors (Lipinski definition) is 5. The van der Waals surface area contributed by atoms with Crippen LogP contribution >= 0.6 is 0 Å². The fourth-order valence-corrected chi connectivity index (χ4v) is 3.38. The zero-order chi connectivity index (χ0) is 19.6. The lowest BCUT2D eigenvalue weighted by Crippen LogP contribution is -2.45. The fourth-order valence-electron chi connectivity index (χ4n) is 3.38. The van der Waals surface area contributed by atoms with Gasteiger partial charge in [0.2, 0.25) is 12.7 Å². The number of ether oxygens (including phenoxy) is 2. The van der Waals surface area contributed by atoms with Gasteiger partial charge >= 0.3 is 6.03 Å². The molecule has 27 heavy (non-hydrogen) atoms. The molecule has 2 heterocycles. The Morgan fingerprint density at radius 2 is 1.85 bits per heavy atom. The first kappa shape index (κ1) is 19.0. The highest BCUT2D eigenvalue weighted by Gasteiger charge is 2.50. The average molecular weight is 375 g/mol. The highest BCUT2D eigenvalue weighted by molar-refractivity contribution is 6.09. The third-order valence-electron chi connectivity index (χ3n) is 4.86. The van der Waals surface area contributed by atoms with Crippen LogP contribution in [0.15, 0.2) is 18.2 Å². The molecule has 1 aromatic carbocycles. The van der Waals surface area contributed by atoms with Gasteiger partial charge in [0.25, 0.3) is 5.91 Å². The summed E-state index contributed by atoms with van der Waals surface area (Å²) in [6.07, 6.45) is 1.64. The van der Waals surface area contributed by atoms with Crippen LogP contribution in [-0.2, 0) is 15.1 Å². The highest BCUT2D eigenvalue weighted by atomic mass is 16.7. The summed E-state index contributed by atoms with van der Waals surface area (Å²) < 4.78 is 10.6. The summed E-state index contributed by atoms with van der Waals surface area (Å²) in [5, 5.41) is 2.72. The van der Waals surface area contributed by atoms with Crippen molar-refractivity contribution in [3.05, 3.63) is 23.8 Å². The van der Waals surface area contributed by atoms with Crippen molar-refractivity contribution in [2.75, 3.05) is 26.4 Å². The van der Waals surface area contributed by atoms with E-state index in [1.54, 1.807) is 30.0 Å². The molecule has 0 aromatic heterocycles. The molecule has 0 saturated carbocycles. The number of nitrogens with zero attached hydrogens (tertiary/aromatic N) is 2. The van der Waals surface area contributed by atoms with E-state index >= 15 is 0 Å². The van der Waals surface area contributed by atoms with Crippen LogP contribution in [0.4, 0.5) is 4.79 Å². The van der Waals surface area contributed by atoms with E-state index in [1.807, 2.05) is 13.8 Å². The molecule has 2 aliphatic rings. The van der Waals surface area contributed by atoms with Gasteiger partial charge in [0.15, 0.2) is 11.5 Å². The van der Waals surface area contributed by atoms with Gasteiger partial charge < -0.3 is 19.7 Å². The van der Waals surface area contributed by atoms with Crippen LogP contribution in [0.1, 0.15) is 39.2 Å². The van der Waals surface area contributed by atoms with Crippen LogP contribution in [0.3, 0.4) is 0 Å². The van der Waals surface area contributed by atoms with Crippen LogP contribution < -0.4 is 14.8 Å². The van der Waals surface area contributed by atoms with Crippen molar-refractivity contribution in [3.63, 3.8) is 0 Å². The van der Waals surface area contributed by atoms with Crippen LogP contribution in [0, 0.1) is 0 Å². The summed E-state index contributed by atoms with van der Waals surface area (Å²) in [6.45, 7) is 6.68. The Labute approximate surface area is 158 Å². The lowest BCUT2D eigenvalue weighted by Gasteiger charge is -2.25. The molecule has 1 fully saturated rings. The Morgan fingerprint density at radius 3 is 2.52 bits per heavy atom. The maximum absolute atomic E-state index is 13.0. The minimum atomic E-state index is -1.25. The number of rotatable bonds is 7. The van der Waals surface area contributed by atoms with Crippen molar-refractivity contribution in [2.24, 2.45) is 0 Å². The van der Waals surface area contributed by atoms with Crippen molar-refractivity contribution < 1.29 is 23.9 Å². The third-order valence-corrected chi connectivity index (χ3v) is 4.86. The summed E-state index contributed by atoms with van der Waals surface area (Å²) >= 11 is 0. The van der Waals surface area contributed by atoms with Crippen LogP contribution in [0.5, 0.6) is 11.5 Å². The van der Waals surface area contributed by atoms with Crippen molar-refractivity contribution in [3.8, 4) is 11.5 Å². The van der Waals surface area contributed by atoms with Gasteiger partial charge in [0.1, 0.15) is 12.1 Å². The largest absolute Gasteiger partial charge is 0.454 e. The average Bonchev–Trinajstić information content (AvgIpc) is 3.20. The molecular weight excluding hydrogens is 350 g/mol. The number of amides is 4. The number of nitrogens with one attached hydrogen (secondary N) is 1. The zero-order valence-corrected chi connectivity index (χ0v) is 15.9. The van der Waals surface area contributed by atoms with E-state index in [-0.39, 0.29) is 19.2 Å². The summed E-state index contributed by atoms with van der Waals surface area (Å²) in [4.78, 5) is 40.7. The highest BCUT2D eigenvalue weighted by Crippen LogP contribution is 2.37. The Kier molecular flexibility index (Phi) is 5.25. The maximum atomic E-state index is 13.0. The van der Waals surface area contributed by atoms with E-state index in [2.05, 4.69) is 5.32 Å². The molecule has 1 N–H and O–H groups in total.